The third-order valence-electron chi connectivity index (χ3n) is 2.85. The molecule has 88 valence electrons. The van der Waals surface area contributed by atoms with Crippen LogP contribution in [0.1, 0.15) is 25.0 Å². The van der Waals surface area contributed by atoms with Crippen LogP contribution >= 0.6 is 0 Å². The third-order valence-corrected chi connectivity index (χ3v) is 2.85. The van der Waals surface area contributed by atoms with E-state index in [2.05, 4.69) is 50.2 Å². The molecule has 0 fully saturated rings. The van der Waals surface area contributed by atoms with E-state index in [0.29, 0.717) is 0 Å². The van der Waals surface area contributed by atoms with Crippen LogP contribution in [0.3, 0.4) is 0 Å². The summed E-state index contributed by atoms with van der Waals surface area (Å²) in [6, 6.07) is 12.6. The number of benzene rings is 2. The molecule has 3 aromatic rings. The van der Waals surface area contributed by atoms with E-state index < -0.39 is 0 Å². The van der Waals surface area contributed by atoms with Gasteiger partial charge in [0.15, 0.2) is 0 Å². The molecule has 1 heteroatoms. The Morgan fingerprint density at radius 1 is 0.882 bits per heavy atom. The molecule has 2 aromatic carbocycles. The van der Waals surface area contributed by atoms with Crippen LogP contribution < -0.4 is 0 Å². The highest BCUT2D eigenvalue weighted by molar-refractivity contribution is 6.05. The van der Waals surface area contributed by atoms with Gasteiger partial charge in [-0.3, -0.25) is 0 Å². The van der Waals surface area contributed by atoms with Crippen LogP contribution in [0.2, 0.25) is 0 Å². The van der Waals surface area contributed by atoms with Crippen LogP contribution in [0.4, 0.5) is 0 Å². The number of hydrogen-bond acceptors (Lipinski definition) is 1. The normalized spacial score (nSPS) is 10.4. The highest BCUT2D eigenvalue weighted by Gasteiger charge is 2.07. The Balaban J connectivity index is 0.000000514. The highest BCUT2D eigenvalue weighted by Crippen LogP contribution is 2.30. The van der Waals surface area contributed by atoms with Gasteiger partial charge in [-0.2, -0.15) is 0 Å². The molecule has 0 spiro atoms. The number of furan rings is 1. The van der Waals surface area contributed by atoms with Crippen molar-refractivity contribution in [3.05, 3.63) is 47.5 Å². The average molecular weight is 226 g/mol. The molecule has 3 rings (SSSR count). The zero-order valence-electron chi connectivity index (χ0n) is 10.9. The summed E-state index contributed by atoms with van der Waals surface area (Å²) in [5.74, 6) is 0. The van der Waals surface area contributed by atoms with Gasteiger partial charge in [0.1, 0.15) is 11.2 Å². The van der Waals surface area contributed by atoms with Gasteiger partial charge in [0.2, 0.25) is 0 Å². The fourth-order valence-electron chi connectivity index (χ4n) is 2.05. The predicted octanol–water partition coefficient (Wildman–Crippen LogP) is 5.23. The lowest BCUT2D eigenvalue weighted by molar-refractivity contribution is 0.665. The molecule has 0 aliphatic carbocycles. The SMILES string of the molecule is CC.Cc1ccc2c(c1)oc1c(C)cccc12. The zero-order chi connectivity index (χ0) is 12.4. The molecule has 0 amide bonds. The molecule has 0 saturated carbocycles. The lowest BCUT2D eigenvalue weighted by atomic mass is 10.1. The topological polar surface area (TPSA) is 13.1 Å². The van der Waals surface area contributed by atoms with E-state index in [9.17, 15) is 0 Å². The summed E-state index contributed by atoms with van der Waals surface area (Å²) in [7, 11) is 0. The maximum absolute atomic E-state index is 5.86. The Morgan fingerprint density at radius 3 is 2.41 bits per heavy atom. The molecule has 0 aliphatic rings. The second kappa shape index (κ2) is 4.62. The van der Waals surface area contributed by atoms with Crippen molar-refractivity contribution in [2.75, 3.05) is 0 Å². The van der Waals surface area contributed by atoms with Crippen LogP contribution in [-0.4, -0.2) is 0 Å². The summed E-state index contributed by atoms with van der Waals surface area (Å²) >= 11 is 0. The van der Waals surface area contributed by atoms with Crippen LogP contribution in [0, 0.1) is 13.8 Å². The van der Waals surface area contributed by atoms with Crippen molar-refractivity contribution in [1.82, 2.24) is 0 Å². The Hall–Kier alpha value is -1.76. The summed E-state index contributed by atoms with van der Waals surface area (Å²) < 4.78 is 5.86. The molecule has 0 bridgehead atoms. The molecule has 1 aromatic heterocycles. The smallest absolute Gasteiger partial charge is 0.138 e. The zero-order valence-corrected chi connectivity index (χ0v) is 10.9. The minimum Gasteiger partial charge on any atom is -0.456 e. The quantitative estimate of drug-likeness (QED) is 0.511. The Morgan fingerprint density at radius 2 is 1.65 bits per heavy atom. The summed E-state index contributed by atoms with van der Waals surface area (Å²) in [5.41, 5.74) is 4.43. The Labute approximate surface area is 102 Å². The van der Waals surface area contributed by atoms with Gasteiger partial charge in [0.25, 0.3) is 0 Å². The molecule has 0 unspecified atom stereocenters. The Kier molecular flexibility index (Phi) is 3.19. The fraction of sp³-hybridized carbons (Fsp3) is 0.250. The summed E-state index contributed by atoms with van der Waals surface area (Å²) in [4.78, 5) is 0. The van der Waals surface area contributed by atoms with Crippen molar-refractivity contribution in [3.63, 3.8) is 0 Å². The van der Waals surface area contributed by atoms with Gasteiger partial charge in [-0.1, -0.05) is 44.2 Å². The molecule has 1 nitrogen and oxygen atoms in total. The van der Waals surface area contributed by atoms with Gasteiger partial charge in [-0.15, -0.1) is 0 Å². The first-order valence-corrected chi connectivity index (χ1v) is 6.14. The third kappa shape index (κ3) is 1.93. The maximum atomic E-state index is 5.86. The van der Waals surface area contributed by atoms with E-state index in [1.807, 2.05) is 13.8 Å². The van der Waals surface area contributed by atoms with Crippen LogP contribution in [0.15, 0.2) is 40.8 Å². The van der Waals surface area contributed by atoms with Gasteiger partial charge in [0, 0.05) is 10.8 Å². The lowest BCUT2D eigenvalue weighted by Gasteiger charge is -1.91. The minimum absolute atomic E-state index is 0.985. The lowest BCUT2D eigenvalue weighted by Crippen LogP contribution is -1.71. The first-order valence-electron chi connectivity index (χ1n) is 6.14. The molecule has 0 radical (unpaired) electrons. The van der Waals surface area contributed by atoms with E-state index in [4.69, 9.17) is 4.42 Å². The van der Waals surface area contributed by atoms with Crippen LogP contribution in [0.5, 0.6) is 0 Å². The van der Waals surface area contributed by atoms with Crippen molar-refractivity contribution in [1.29, 1.82) is 0 Å². The van der Waals surface area contributed by atoms with Crippen molar-refractivity contribution >= 4 is 21.9 Å². The van der Waals surface area contributed by atoms with Gasteiger partial charge in [-0.25, -0.2) is 0 Å². The summed E-state index contributed by atoms with van der Waals surface area (Å²) in [6.07, 6.45) is 0. The van der Waals surface area contributed by atoms with Crippen molar-refractivity contribution in [3.8, 4) is 0 Å². The second-order valence-electron chi connectivity index (χ2n) is 4.05. The molecular formula is C16H18O. The number of fused-ring (bicyclic) bond motifs is 3. The maximum Gasteiger partial charge on any atom is 0.138 e. The number of para-hydroxylation sites is 1. The van der Waals surface area contributed by atoms with Gasteiger partial charge in [-0.05, 0) is 31.0 Å². The molecule has 1 heterocycles. The number of hydrogen-bond donors (Lipinski definition) is 0. The first-order chi connectivity index (χ1) is 8.25. The van der Waals surface area contributed by atoms with Crippen molar-refractivity contribution < 1.29 is 4.42 Å². The average Bonchev–Trinajstić information content (AvgIpc) is 2.71. The van der Waals surface area contributed by atoms with E-state index in [1.165, 1.54) is 21.9 Å². The predicted molar refractivity (Wildman–Crippen MR) is 74.5 cm³/mol. The molecule has 0 aliphatic heterocycles. The largest absolute Gasteiger partial charge is 0.456 e. The molecule has 17 heavy (non-hydrogen) atoms. The Bertz CT molecular complexity index is 647. The molecule has 0 atom stereocenters. The van der Waals surface area contributed by atoms with E-state index in [-0.39, 0.29) is 0 Å². The summed E-state index contributed by atoms with van der Waals surface area (Å²) in [5, 5.41) is 2.42. The number of aryl methyl sites for hydroxylation is 2. The first kappa shape index (κ1) is 11.7. The van der Waals surface area contributed by atoms with Crippen LogP contribution in [-0.2, 0) is 0 Å². The standard InChI is InChI=1S/C14H12O.C2H6/c1-9-6-7-11-12-5-3-4-10(2)14(12)15-13(11)8-9;1-2/h3-8H,1-2H3;1-2H3. The van der Waals surface area contributed by atoms with Crippen LogP contribution in [0.25, 0.3) is 21.9 Å². The van der Waals surface area contributed by atoms with E-state index in [0.717, 1.165) is 11.2 Å². The molecule has 0 N–H and O–H groups in total. The van der Waals surface area contributed by atoms with E-state index >= 15 is 0 Å². The molecular weight excluding hydrogens is 208 g/mol. The second-order valence-corrected chi connectivity index (χ2v) is 4.05. The number of rotatable bonds is 0. The van der Waals surface area contributed by atoms with Gasteiger partial charge in [0.05, 0.1) is 0 Å². The van der Waals surface area contributed by atoms with Crippen molar-refractivity contribution in [2.24, 2.45) is 0 Å². The van der Waals surface area contributed by atoms with Gasteiger partial charge < -0.3 is 4.42 Å². The monoisotopic (exact) mass is 226 g/mol. The summed E-state index contributed by atoms with van der Waals surface area (Å²) in [6.45, 7) is 8.16. The minimum atomic E-state index is 0.985. The van der Waals surface area contributed by atoms with Crippen molar-refractivity contribution in [2.45, 2.75) is 27.7 Å². The van der Waals surface area contributed by atoms with Gasteiger partial charge >= 0.3 is 0 Å². The molecule has 0 saturated heterocycles. The highest BCUT2D eigenvalue weighted by atomic mass is 16.3. The van der Waals surface area contributed by atoms with E-state index in [1.54, 1.807) is 0 Å². The fourth-order valence-corrected chi connectivity index (χ4v) is 2.05.